The average molecular weight is 415 g/mol. The molecule has 1 aliphatic heterocycles. The third kappa shape index (κ3) is 3.84. The molecule has 2 aromatic rings. The van der Waals surface area contributed by atoms with E-state index in [0.29, 0.717) is 11.3 Å². The molecule has 3 fully saturated rings. The molecule has 0 bridgehead atoms. The van der Waals surface area contributed by atoms with Crippen molar-refractivity contribution >= 4 is 5.84 Å². The van der Waals surface area contributed by atoms with Gasteiger partial charge in [0.05, 0.1) is 0 Å². The molecule has 2 aromatic carbocycles. The zero-order chi connectivity index (χ0) is 21.4. The highest BCUT2D eigenvalue weighted by molar-refractivity contribution is 5.97. The van der Waals surface area contributed by atoms with Crippen LogP contribution in [0.2, 0.25) is 0 Å². The second kappa shape index (κ2) is 8.07. The fourth-order valence-electron chi connectivity index (χ4n) is 5.94. The maximum absolute atomic E-state index is 5.78. The second-order valence-corrected chi connectivity index (χ2v) is 9.79. The summed E-state index contributed by atoms with van der Waals surface area (Å²) in [4.78, 5) is 2.60. The number of allylic oxidation sites excluding steroid dienone is 1. The highest BCUT2D eigenvalue weighted by Gasteiger charge is 2.55. The first-order valence-corrected chi connectivity index (χ1v) is 11.8. The minimum atomic E-state index is 0.360. The van der Waals surface area contributed by atoms with Gasteiger partial charge in [0.25, 0.3) is 0 Å². The lowest BCUT2D eigenvalue weighted by atomic mass is 9.87. The highest BCUT2D eigenvalue weighted by atomic mass is 15.2. The number of hydrogen-bond donors (Lipinski definition) is 2. The molecular weight excluding hydrogens is 380 g/mol. The molecule has 0 amide bonds. The van der Waals surface area contributed by atoms with E-state index >= 15 is 0 Å². The van der Waals surface area contributed by atoms with Gasteiger partial charge in [0.15, 0.2) is 0 Å². The molecule has 4 N–H and O–H groups in total. The molecule has 1 saturated heterocycles. The molecule has 1 atom stereocenters. The van der Waals surface area contributed by atoms with Crippen molar-refractivity contribution in [2.24, 2.45) is 28.0 Å². The molecule has 4 heteroatoms. The molecule has 1 spiro atoms. The maximum Gasteiger partial charge on any atom is 0.150 e. The van der Waals surface area contributed by atoms with E-state index < -0.39 is 0 Å². The van der Waals surface area contributed by atoms with Crippen molar-refractivity contribution in [3.63, 3.8) is 0 Å². The summed E-state index contributed by atoms with van der Waals surface area (Å²) < 4.78 is 0. The Morgan fingerprint density at radius 2 is 1.52 bits per heavy atom. The molecule has 0 radical (unpaired) electrons. The third-order valence-corrected chi connectivity index (χ3v) is 8.15. The minimum absolute atomic E-state index is 0.360. The molecule has 0 aromatic heterocycles. The van der Waals surface area contributed by atoms with Crippen molar-refractivity contribution in [1.82, 2.24) is 4.90 Å². The van der Waals surface area contributed by atoms with Gasteiger partial charge in [-0.1, -0.05) is 68.0 Å². The van der Waals surface area contributed by atoms with Crippen LogP contribution in [0, 0.1) is 11.3 Å². The number of amidine groups is 1. The third-order valence-electron chi connectivity index (χ3n) is 8.15. The molecule has 31 heavy (non-hydrogen) atoms. The normalized spacial score (nSPS) is 23.3. The zero-order valence-corrected chi connectivity index (χ0v) is 18.4. The van der Waals surface area contributed by atoms with Crippen molar-refractivity contribution in [1.29, 1.82) is 0 Å². The van der Waals surface area contributed by atoms with Crippen LogP contribution in [0.3, 0.4) is 0 Å². The lowest BCUT2D eigenvalue weighted by Gasteiger charge is -2.37. The smallest absolute Gasteiger partial charge is 0.150 e. The van der Waals surface area contributed by atoms with Crippen LogP contribution >= 0.6 is 0 Å². The monoisotopic (exact) mass is 414 g/mol. The molecule has 5 rings (SSSR count). The number of likely N-dealkylation sites (tertiary alicyclic amines) is 1. The molecule has 2 aliphatic carbocycles. The number of hydrogen-bond acceptors (Lipinski definition) is 3. The second-order valence-electron chi connectivity index (χ2n) is 9.79. The summed E-state index contributed by atoms with van der Waals surface area (Å²) in [6.07, 6.45) is 9.47. The van der Waals surface area contributed by atoms with Crippen LogP contribution in [0.25, 0.3) is 11.1 Å². The average Bonchev–Trinajstić information content (AvgIpc) is 3.24. The molecular formula is C27H34N4. The Balaban J connectivity index is 1.20. The van der Waals surface area contributed by atoms with Gasteiger partial charge < -0.3 is 16.5 Å². The number of rotatable bonds is 5. The van der Waals surface area contributed by atoms with E-state index in [-0.39, 0.29) is 0 Å². The summed E-state index contributed by atoms with van der Waals surface area (Å²) in [5.74, 6) is 7.11. The summed E-state index contributed by atoms with van der Waals surface area (Å²) in [5.41, 5.74) is 12.5. The Kier molecular flexibility index (Phi) is 5.25. The predicted molar refractivity (Wildman–Crippen MR) is 128 cm³/mol. The predicted octanol–water partition coefficient (Wildman–Crippen LogP) is 5.21. The number of nitrogens with two attached hydrogens (primary N) is 2. The van der Waals surface area contributed by atoms with E-state index in [1.54, 1.807) is 0 Å². The first kappa shape index (κ1) is 20.2. The van der Waals surface area contributed by atoms with E-state index in [9.17, 15) is 0 Å². The van der Waals surface area contributed by atoms with Gasteiger partial charge in [0.1, 0.15) is 5.84 Å². The number of hydrazone groups is 1. The number of piperidine rings is 1. The van der Waals surface area contributed by atoms with Crippen LogP contribution in [-0.2, 0) is 0 Å². The molecule has 3 aliphatic rings. The van der Waals surface area contributed by atoms with Crippen LogP contribution in [-0.4, -0.2) is 23.8 Å². The standard InChI is InChI=1S/C27H34N4/c1-19(20-4-2-3-5-20)31-16-14-27(15-17-31)18-25(27)23-10-6-21(7-11-23)22-8-12-24(13-9-22)26(28)30-29/h6-13,20,25H,1-5,14-18,29H2,(H2,28,30). The van der Waals surface area contributed by atoms with Crippen LogP contribution in [0.5, 0.6) is 0 Å². The Morgan fingerprint density at radius 1 is 0.935 bits per heavy atom. The van der Waals surface area contributed by atoms with Crippen LogP contribution in [0.4, 0.5) is 0 Å². The van der Waals surface area contributed by atoms with Crippen molar-refractivity contribution in [3.8, 4) is 11.1 Å². The van der Waals surface area contributed by atoms with Crippen LogP contribution in [0.1, 0.15) is 62.0 Å². The van der Waals surface area contributed by atoms with Gasteiger partial charge in [-0.15, -0.1) is 0 Å². The first-order valence-electron chi connectivity index (χ1n) is 11.8. The van der Waals surface area contributed by atoms with Crippen LogP contribution in [0.15, 0.2) is 65.9 Å². The largest absolute Gasteiger partial charge is 0.382 e. The number of benzene rings is 2. The fourth-order valence-corrected chi connectivity index (χ4v) is 5.94. The topological polar surface area (TPSA) is 67.6 Å². The summed E-state index contributed by atoms with van der Waals surface area (Å²) in [7, 11) is 0. The summed E-state index contributed by atoms with van der Waals surface area (Å²) in [5, 5.41) is 3.56. The van der Waals surface area contributed by atoms with Gasteiger partial charge in [-0.25, -0.2) is 0 Å². The zero-order valence-electron chi connectivity index (χ0n) is 18.4. The first-order chi connectivity index (χ1) is 15.1. The molecule has 1 heterocycles. The van der Waals surface area contributed by atoms with E-state index in [2.05, 4.69) is 53.0 Å². The van der Waals surface area contributed by atoms with Gasteiger partial charge in [-0.3, -0.25) is 0 Å². The van der Waals surface area contributed by atoms with Crippen molar-refractivity contribution in [3.05, 3.63) is 71.9 Å². The van der Waals surface area contributed by atoms with E-state index in [0.717, 1.165) is 17.4 Å². The molecule has 4 nitrogen and oxygen atoms in total. The summed E-state index contributed by atoms with van der Waals surface area (Å²) in [6, 6.07) is 17.3. The van der Waals surface area contributed by atoms with Gasteiger partial charge in [0.2, 0.25) is 0 Å². The highest BCUT2D eigenvalue weighted by Crippen LogP contribution is 2.65. The lowest BCUT2D eigenvalue weighted by molar-refractivity contribution is 0.191. The molecule has 1 unspecified atom stereocenters. The molecule has 162 valence electrons. The van der Waals surface area contributed by atoms with Gasteiger partial charge in [-0.2, -0.15) is 5.10 Å². The maximum atomic E-state index is 5.78. The number of nitrogens with zero attached hydrogens (tertiary/aromatic N) is 2. The Labute approximate surface area is 186 Å². The summed E-state index contributed by atoms with van der Waals surface area (Å²) >= 11 is 0. The lowest BCUT2D eigenvalue weighted by Crippen LogP contribution is -2.36. The fraction of sp³-hybridized carbons (Fsp3) is 0.444. The Bertz CT molecular complexity index is 959. The Hall–Kier alpha value is -2.75. The summed E-state index contributed by atoms with van der Waals surface area (Å²) in [6.45, 7) is 6.87. The Morgan fingerprint density at radius 3 is 2.10 bits per heavy atom. The van der Waals surface area contributed by atoms with Crippen molar-refractivity contribution < 1.29 is 0 Å². The minimum Gasteiger partial charge on any atom is -0.382 e. The van der Waals surface area contributed by atoms with E-state index in [1.807, 2.05) is 12.1 Å². The van der Waals surface area contributed by atoms with Gasteiger partial charge in [0, 0.05) is 24.4 Å². The van der Waals surface area contributed by atoms with Gasteiger partial charge in [-0.05, 0) is 66.0 Å². The molecule has 2 saturated carbocycles. The SMILES string of the molecule is C=C(C1CCCC1)N1CCC2(CC1)CC2c1ccc(-c2ccc(/C(N)=N/N)cc2)cc1. The van der Waals surface area contributed by atoms with E-state index in [1.165, 1.54) is 80.4 Å². The van der Waals surface area contributed by atoms with E-state index in [4.69, 9.17) is 11.6 Å². The van der Waals surface area contributed by atoms with Crippen molar-refractivity contribution in [2.75, 3.05) is 13.1 Å². The van der Waals surface area contributed by atoms with Crippen LogP contribution < -0.4 is 11.6 Å². The quantitative estimate of drug-likeness (QED) is 0.306. The van der Waals surface area contributed by atoms with Gasteiger partial charge >= 0.3 is 0 Å². The van der Waals surface area contributed by atoms with Crippen molar-refractivity contribution in [2.45, 2.75) is 50.9 Å².